The van der Waals surface area contributed by atoms with E-state index in [1.54, 1.807) is 6.92 Å². The topological polar surface area (TPSA) is 66.5 Å². The zero-order valence-corrected chi connectivity index (χ0v) is 11.1. The van der Waals surface area contributed by atoms with Crippen molar-refractivity contribution >= 4 is 17.7 Å². The molecule has 1 N–H and O–H groups in total. The molecule has 0 aromatic rings. The molecular formula is C11H16AgN2O3. The Labute approximate surface area is 110 Å². The number of imide groups is 1. The van der Waals surface area contributed by atoms with E-state index in [0.29, 0.717) is 24.0 Å². The number of nitrogens with zero attached hydrogens (tertiary/aromatic N) is 1. The molecule has 0 aliphatic carbocycles. The third kappa shape index (κ3) is 4.11. The van der Waals surface area contributed by atoms with Crippen LogP contribution in [0.1, 0.15) is 19.8 Å². The average molecular weight is 332 g/mol. The molecule has 99 valence electrons. The Morgan fingerprint density at radius 1 is 1.65 bits per heavy atom. The van der Waals surface area contributed by atoms with Crippen molar-refractivity contribution in [2.75, 3.05) is 6.54 Å². The van der Waals surface area contributed by atoms with E-state index in [9.17, 15) is 14.4 Å². The number of likely N-dealkylation sites (tertiary alicyclic amines) is 1. The Kier molecular flexibility index (Phi) is 5.61. The SMILES string of the molecule is C=CCC(=O)[NH][Ag][CH2]CN1C(=O)CC(C)C1=O. The van der Waals surface area contributed by atoms with E-state index < -0.39 is 0 Å². The molecule has 1 rings (SSSR count). The molecule has 1 aliphatic heterocycles. The van der Waals surface area contributed by atoms with Crippen molar-refractivity contribution in [2.24, 2.45) is 5.92 Å². The van der Waals surface area contributed by atoms with Crippen LogP contribution in [0.2, 0.25) is 4.64 Å². The molecule has 1 saturated heterocycles. The van der Waals surface area contributed by atoms with Gasteiger partial charge in [0.2, 0.25) is 0 Å². The van der Waals surface area contributed by atoms with Gasteiger partial charge in [-0.3, -0.25) is 0 Å². The summed E-state index contributed by atoms with van der Waals surface area (Å²) in [7, 11) is 0. The third-order valence-electron chi connectivity index (χ3n) is 2.30. The molecule has 0 aromatic heterocycles. The number of nitrogens with one attached hydrogen (secondary N) is 1. The first-order chi connectivity index (χ1) is 8.06. The molecule has 1 aliphatic rings. The zero-order chi connectivity index (χ0) is 12.8. The third-order valence-corrected chi connectivity index (χ3v) is 3.68. The van der Waals surface area contributed by atoms with E-state index in [2.05, 4.69) is 10.3 Å². The van der Waals surface area contributed by atoms with Gasteiger partial charge in [0.15, 0.2) is 0 Å². The van der Waals surface area contributed by atoms with Gasteiger partial charge in [-0.15, -0.1) is 0 Å². The number of hydrogen-bond donors (Lipinski definition) is 1. The second-order valence-electron chi connectivity index (χ2n) is 3.74. The van der Waals surface area contributed by atoms with Crippen LogP contribution >= 0.6 is 0 Å². The number of rotatable bonds is 6. The van der Waals surface area contributed by atoms with Crippen LogP contribution in [0.15, 0.2) is 12.7 Å². The van der Waals surface area contributed by atoms with Gasteiger partial charge in [0, 0.05) is 0 Å². The second kappa shape index (κ2) is 6.74. The minimum absolute atomic E-state index is 0.0770. The van der Waals surface area contributed by atoms with Gasteiger partial charge >= 0.3 is 110 Å². The van der Waals surface area contributed by atoms with E-state index in [4.69, 9.17) is 0 Å². The Morgan fingerprint density at radius 3 is 2.88 bits per heavy atom. The summed E-state index contributed by atoms with van der Waals surface area (Å²) in [6.07, 6.45) is 2.15. The molecule has 6 heteroatoms. The molecule has 17 heavy (non-hydrogen) atoms. The minimum atomic E-state index is -0.193. The van der Waals surface area contributed by atoms with Crippen molar-refractivity contribution in [3.63, 3.8) is 0 Å². The van der Waals surface area contributed by atoms with Gasteiger partial charge in [-0.1, -0.05) is 0 Å². The van der Waals surface area contributed by atoms with Gasteiger partial charge in [-0.25, -0.2) is 0 Å². The molecule has 1 fully saturated rings. The normalized spacial score (nSPS) is 19.8. The number of amides is 3. The molecule has 0 saturated carbocycles. The van der Waals surface area contributed by atoms with Gasteiger partial charge in [-0.05, 0) is 0 Å². The standard InChI is InChI=1S/C7H10NO2.C4H7NO.Ag/c1-3-8-6(9)4-5(2)7(8)10;1-2-3-4(5)6;/h5H,1,3-4H2,2H3;2H,1,3H2,(H2,5,6);/q;;+1/p-1. The molecule has 1 heterocycles. The summed E-state index contributed by atoms with van der Waals surface area (Å²) in [6, 6.07) is 0. The van der Waals surface area contributed by atoms with Gasteiger partial charge in [0.1, 0.15) is 0 Å². The fraction of sp³-hybridized carbons (Fsp3) is 0.545. The Morgan fingerprint density at radius 2 is 2.35 bits per heavy atom. The Bertz CT molecular complexity index is 344. The average Bonchev–Trinajstić information content (AvgIpc) is 2.50. The van der Waals surface area contributed by atoms with Crippen molar-refractivity contribution in [3.8, 4) is 0 Å². The van der Waals surface area contributed by atoms with Crippen molar-refractivity contribution in [1.82, 2.24) is 8.62 Å². The van der Waals surface area contributed by atoms with Crippen molar-refractivity contribution in [3.05, 3.63) is 12.7 Å². The number of carbonyl (C=O) groups is 3. The molecule has 1 atom stereocenters. The van der Waals surface area contributed by atoms with E-state index in [1.807, 2.05) is 0 Å². The molecule has 0 aromatic carbocycles. The van der Waals surface area contributed by atoms with Gasteiger partial charge in [0.25, 0.3) is 0 Å². The fourth-order valence-corrected chi connectivity index (χ4v) is 2.57. The van der Waals surface area contributed by atoms with Crippen LogP contribution in [-0.4, -0.2) is 29.2 Å². The van der Waals surface area contributed by atoms with E-state index in [0.717, 1.165) is 0 Å². The maximum atomic E-state index is 11.6. The first kappa shape index (κ1) is 14.2. The predicted octanol–water partition coefficient (Wildman–Crippen LogP) is 0.489. The summed E-state index contributed by atoms with van der Waals surface area (Å²) in [5.41, 5.74) is 0. The zero-order valence-electron chi connectivity index (χ0n) is 9.66. The van der Waals surface area contributed by atoms with E-state index in [1.165, 1.54) is 11.0 Å². The van der Waals surface area contributed by atoms with Crippen LogP contribution in [0.3, 0.4) is 0 Å². The molecule has 0 spiro atoms. The van der Waals surface area contributed by atoms with Crippen LogP contribution in [0, 0.1) is 5.92 Å². The first-order valence-corrected chi connectivity index (χ1v) is 7.08. The number of carbonyl (C=O) groups excluding carboxylic acids is 3. The predicted molar refractivity (Wildman–Crippen MR) is 58.3 cm³/mol. The van der Waals surface area contributed by atoms with Gasteiger partial charge in [0.05, 0.1) is 0 Å². The van der Waals surface area contributed by atoms with Crippen molar-refractivity contribution in [1.29, 1.82) is 0 Å². The Hall–Kier alpha value is -0.910. The van der Waals surface area contributed by atoms with Crippen molar-refractivity contribution < 1.29 is 34.4 Å². The van der Waals surface area contributed by atoms with Crippen LogP contribution in [0.4, 0.5) is 0 Å². The summed E-state index contributed by atoms with van der Waals surface area (Å²) in [5, 5.41) is 0. The van der Waals surface area contributed by atoms with Crippen molar-refractivity contribution in [2.45, 2.75) is 24.4 Å². The monoisotopic (exact) mass is 331 g/mol. The van der Waals surface area contributed by atoms with Crippen LogP contribution < -0.4 is 3.72 Å². The molecular weight excluding hydrogens is 316 g/mol. The van der Waals surface area contributed by atoms with Crippen LogP contribution in [0.25, 0.3) is 0 Å². The summed E-state index contributed by atoms with van der Waals surface area (Å²) in [6.45, 7) is 5.62. The molecule has 3 amide bonds. The molecule has 1 unspecified atom stereocenters. The number of hydrogen-bond acceptors (Lipinski definition) is 3. The Balaban J connectivity index is 2.23. The van der Waals surface area contributed by atoms with Crippen LogP contribution in [0.5, 0.6) is 0 Å². The summed E-state index contributed by atoms with van der Waals surface area (Å²) < 4.78 is 3.34. The second-order valence-corrected chi connectivity index (χ2v) is 5.37. The molecule has 0 radical (unpaired) electrons. The summed E-state index contributed by atoms with van der Waals surface area (Å²) in [5.74, 6) is -0.476. The van der Waals surface area contributed by atoms with Crippen LogP contribution in [-0.2, 0) is 34.4 Å². The molecule has 0 bridgehead atoms. The first-order valence-electron chi connectivity index (χ1n) is 5.29. The molecule has 5 nitrogen and oxygen atoms in total. The maximum absolute atomic E-state index is 11.6. The van der Waals surface area contributed by atoms with Gasteiger partial charge < -0.3 is 0 Å². The fourth-order valence-electron chi connectivity index (χ4n) is 1.44. The van der Waals surface area contributed by atoms with E-state index >= 15 is 0 Å². The van der Waals surface area contributed by atoms with Gasteiger partial charge in [-0.2, -0.15) is 0 Å². The quantitative estimate of drug-likeness (QED) is 0.333. The summed E-state index contributed by atoms with van der Waals surface area (Å²) in [4.78, 5) is 35.4. The summed E-state index contributed by atoms with van der Waals surface area (Å²) >= 11 is 0.208. The van der Waals surface area contributed by atoms with E-state index in [-0.39, 0.29) is 43.7 Å².